The lowest BCUT2D eigenvalue weighted by Crippen LogP contribution is -2.22. The number of anilines is 1. The van der Waals surface area contributed by atoms with Gasteiger partial charge in [-0.2, -0.15) is 4.68 Å². The fourth-order valence-corrected chi connectivity index (χ4v) is 3.45. The summed E-state index contributed by atoms with van der Waals surface area (Å²) in [4.78, 5) is 25.1. The van der Waals surface area contributed by atoms with Crippen molar-refractivity contribution in [2.45, 2.75) is 26.2 Å². The predicted octanol–water partition coefficient (Wildman–Crippen LogP) is 3.18. The maximum absolute atomic E-state index is 12.6. The normalized spacial score (nSPS) is 11.6. The maximum atomic E-state index is 12.6. The Morgan fingerprint density at radius 1 is 1.00 bits per heavy atom. The number of fused-ring (bicyclic) bond motifs is 1. The number of amides is 1. The highest BCUT2D eigenvalue weighted by atomic mass is 32.1. The quantitative estimate of drug-likeness (QED) is 0.561. The molecule has 2 aromatic carbocycles. The van der Waals surface area contributed by atoms with Gasteiger partial charge in [-0.15, -0.1) is 15.3 Å². The molecule has 0 unspecified atom stereocenters. The Labute approximate surface area is 170 Å². The molecule has 9 heteroatoms. The van der Waals surface area contributed by atoms with Gasteiger partial charge in [0, 0.05) is 11.0 Å². The second kappa shape index (κ2) is 7.17. The highest BCUT2D eigenvalue weighted by Gasteiger charge is 2.20. The van der Waals surface area contributed by atoms with Crippen LogP contribution in [0.3, 0.4) is 0 Å². The van der Waals surface area contributed by atoms with Gasteiger partial charge in [0.15, 0.2) is 0 Å². The van der Waals surface area contributed by atoms with E-state index in [1.165, 1.54) is 16.0 Å². The third-order valence-corrected chi connectivity index (χ3v) is 5.49. The fourth-order valence-electron chi connectivity index (χ4n) is 2.66. The average molecular weight is 406 g/mol. The number of rotatable bonds is 3. The molecular formula is C20H18N6O2S. The van der Waals surface area contributed by atoms with Crippen LogP contribution >= 0.6 is 11.3 Å². The lowest BCUT2D eigenvalue weighted by atomic mass is 9.98. The van der Waals surface area contributed by atoms with Crippen molar-refractivity contribution in [1.29, 1.82) is 0 Å². The van der Waals surface area contributed by atoms with Crippen LogP contribution in [0, 0.1) is 0 Å². The standard InChI is InChI=1S/C20H18N6O2S/c1-20(2,3)18-23-24-19(29-18)21-16(27)12-8-10-13(11-9-12)26-17(28)14-6-4-5-7-15(14)22-25-26/h4-11H,1-3H3,(H,21,24,27). The number of benzene rings is 2. The molecule has 4 rings (SSSR count). The molecule has 0 radical (unpaired) electrons. The Hall–Kier alpha value is -3.46. The van der Waals surface area contributed by atoms with E-state index in [0.717, 1.165) is 5.01 Å². The van der Waals surface area contributed by atoms with E-state index in [0.29, 0.717) is 27.3 Å². The van der Waals surface area contributed by atoms with E-state index in [9.17, 15) is 9.59 Å². The van der Waals surface area contributed by atoms with Crippen molar-refractivity contribution in [2.75, 3.05) is 5.32 Å². The number of nitrogens with zero attached hydrogens (tertiary/aromatic N) is 5. The van der Waals surface area contributed by atoms with Crippen LogP contribution in [0.1, 0.15) is 36.1 Å². The van der Waals surface area contributed by atoms with Crippen LogP contribution in [0.5, 0.6) is 0 Å². The van der Waals surface area contributed by atoms with Crippen LogP contribution in [-0.4, -0.2) is 31.1 Å². The molecular weight excluding hydrogens is 388 g/mol. The number of carbonyl (C=O) groups excluding carboxylic acids is 1. The molecule has 29 heavy (non-hydrogen) atoms. The van der Waals surface area contributed by atoms with Gasteiger partial charge in [0.05, 0.1) is 11.1 Å². The van der Waals surface area contributed by atoms with E-state index in [2.05, 4.69) is 25.8 Å². The molecule has 8 nitrogen and oxygen atoms in total. The van der Waals surface area contributed by atoms with Gasteiger partial charge in [0.25, 0.3) is 11.5 Å². The van der Waals surface area contributed by atoms with Crippen molar-refractivity contribution in [3.63, 3.8) is 0 Å². The van der Waals surface area contributed by atoms with Gasteiger partial charge in [-0.25, -0.2) is 0 Å². The number of hydrogen-bond acceptors (Lipinski definition) is 7. The lowest BCUT2D eigenvalue weighted by molar-refractivity contribution is 0.102. The molecule has 1 N–H and O–H groups in total. The Morgan fingerprint density at radius 2 is 1.72 bits per heavy atom. The molecule has 4 aromatic rings. The van der Waals surface area contributed by atoms with Crippen molar-refractivity contribution in [2.24, 2.45) is 0 Å². The van der Waals surface area contributed by atoms with Crippen LogP contribution in [0.2, 0.25) is 0 Å². The molecule has 0 saturated heterocycles. The van der Waals surface area contributed by atoms with E-state index >= 15 is 0 Å². The van der Waals surface area contributed by atoms with Crippen molar-refractivity contribution in [3.8, 4) is 5.69 Å². The first-order valence-corrected chi connectivity index (χ1v) is 9.75. The Kier molecular flexibility index (Phi) is 4.67. The fraction of sp³-hybridized carbons (Fsp3) is 0.200. The highest BCUT2D eigenvalue weighted by Crippen LogP contribution is 2.27. The zero-order valence-corrected chi connectivity index (χ0v) is 16.9. The van der Waals surface area contributed by atoms with Crippen molar-refractivity contribution in [3.05, 3.63) is 69.5 Å². The molecule has 2 aromatic heterocycles. The molecule has 0 aliphatic heterocycles. The highest BCUT2D eigenvalue weighted by molar-refractivity contribution is 7.15. The zero-order valence-electron chi connectivity index (χ0n) is 16.1. The summed E-state index contributed by atoms with van der Waals surface area (Å²) in [5, 5.41) is 20.7. The molecule has 0 saturated carbocycles. The van der Waals surface area contributed by atoms with Crippen molar-refractivity contribution >= 4 is 33.3 Å². The minimum atomic E-state index is -0.301. The van der Waals surface area contributed by atoms with E-state index in [1.807, 2.05) is 20.8 Å². The summed E-state index contributed by atoms with van der Waals surface area (Å²) in [6.07, 6.45) is 0. The molecule has 146 valence electrons. The minimum Gasteiger partial charge on any atom is -0.296 e. The van der Waals surface area contributed by atoms with Gasteiger partial charge in [0.1, 0.15) is 10.5 Å². The topological polar surface area (TPSA) is 103 Å². The van der Waals surface area contributed by atoms with Crippen LogP contribution in [0.4, 0.5) is 5.13 Å². The summed E-state index contributed by atoms with van der Waals surface area (Å²) in [5.74, 6) is -0.301. The van der Waals surface area contributed by atoms with Gasteiger partial charge in [0.2, 0.25) is 5.13 Å². The van der Waals surface area contributed by atoms with E-state index < -0.39 is 0 Å². The van der Waals surface area contributed by atoms with Gasteiger partial charge in [-0.1, -0.05) is 49.5 Å². The lowest BCUT2D eigenvalue weighted by Gasteiger charge is -2.12. The third kappa shape index (κ3) is 3.77. The van der Waals surface area contributed by atoms with Crippen molar-refractivity contribution in [1.82, 2.24) is 25.2 Å². The molecule has 0 aliphatic rings. The molecule has 0 bridgehead atoms. The number of carbonyl (C=O) groups is 1. The smallest absolute Gasteiger partial charge is 0.282 e. The van der Waals surface area contributed by atoms with Gasteiger partial charge >= 0.3 is 0 Å². The second-order valence-electron chi connectivity index (χ2n) is 7.49. The van der Waals surface area contributed by atoms with Gasteiger partial charge in [-0.05, 0) is 36.4 Å². The molecule has 0 atom stereocenters. The number of aromatic nitrogens is 5. The Morgan fingerprint density at radius 3 is 2.41 bits per heavy atom. The maximum Gasteiger partial charge on any atom is 0.282 e. The van der Waals surface area contributed by atoms with E-state index in [4.69, 9.17) is 0 Å². The summed E-state index contributed by atoms with van der Waals surface area (Å²) < 4.78 is 1.21. The first-order chi connectivity index (χ1) is 13.8. The van der Waals surface area contributed by atoms with Crippen LogP contribution in [0.25, 0.3) is 16.6 Å². The van der Waals surface area contributed by atoms with Crippen LogP contribution in [-0.2, 0) is 5.41 Å². The number of hydrogen-bond donors (Lipinski definition) is 1. The first-order valence-electron chi connectivity index (χ1n) is 8.93. The van der Waals surface area contributed by atoms with E-state index in [-0.39, 0.29) is 16.9 Å². The van der Waals surface area contributed by atoms with Crippen molar-refractivity contribution < 1.29 is 4.79 Å². The Balaban J connectivity index is 1.56. The Bertz CT molecular complexity index is 1250. The SMILES string of the molecule is CC(C)(C)c1nnc(NC(=O)c2ccc(-n3nnc4ccccc4c3=O)cc2)s1. The largest absolute Gasteiger partial charge is 0.296 e. The first kappa shape index (κ1) is 18.9. The monoisotopic (exact) mass is 406 g/mol. The van der Waals surface area contributed by atoms with Gasteiger partial charge in [-0.3, -0.25) is 14.9 Å². The van der Waals surface area contributed by atoms with Gasteiger partial charge < -0.3 is 0 Å². The summed E-state index contributed by atoms with van der Waals surface area (Å²) in [6, 6.07) is 13.6. The van der Waals surface area contributed by atoms with Crippen LogP contribution in [0.15, 0.2) is 53.3 Å². The van der Waals surface area contributed by atoms with E-state index in [1.54, 1.807) is 48.5 Å². The molecule has 0 spiro atoms. The molecule has 0 fully saturated rings. The zero-order chi connectivity index (χ0) is 20.6. The average Bonchev–Trinajstić information content (AvgIpc) is 3.18. The van der Waals surface area contributed by atoms with Crippen LogP contribution < -0.4 is 10.9 Å². The molecule has 2 heterocycles. The predicted molar refractivity (Wildman–Crippen MR) is 112 cm³/mol. The second-order valence-corrected chi connectivity index (χ2v) is 8.46. The minimum absolute atomic E-state index is 0.129. The summed E-state index contributed by atoms with van der Waals surface area (Å²) >= 11 is 1.35. The molecule has 1 amide bonds. The molecule has 0 aliphatic carbocycles. The number of nitrogens with one attached hydrogen (secondary N) is 1. The summed E-state index contributed by atoms with van der Waals surface area (Å²) in [7, 11) is 0. The summed E-state index contributed by atoms with van der Waals surface area (Å²) in [5.41, 5.74) is 1.10. The third-order valence-electron chi connectivity index (χ3n) is 4.23. The summed E-state index contributed by atoms with van der Waals surface area (Å²) in [6.45, 7) is 6.11.